The Labute approximate surface area is 188 Å². The highest BCUT2D eigenvalue weighted by molar-refractivity contribution is 5.76. The van der Waals surface area contributed by atoms with Gasteiger partial charge in [-0.3, -0.25) is 24.0 Å². The van der Waals surface area contributed by atoms with Gasteiger partial charge in [-0.25, -0.2) is 4.79 Å². The van der Waals surface area contributed by atoms with Crippen LogP contribution in [-0.2, 0) is 57.2 Å². The third kappa shape index (κ3) is 8.31. The zero-order chi connectivity index (χ0) is 25.5. The van der Waals surface area contributed by atoms with Gasteiger partial charge >= 0.3 is 35.8 Å². The fourth-order valence-electron chi connectivity index (χ4n) is 3.14. The molecule has 33 heavy (non-hydrogen) atoms. The minimum atomic E-state index is -2.98. The Hall–Kier alpha value is -3.26. The Morgan fingerprint density at radius 1 is 0.879 bits per heavy atom. The molecule has 1 heterocycles. The van der Waals surface area contributed by atoms with Crippen molar-refractivity contribution in [2.45, 2.75) is 77.3 Å². The molecule has 0 amide bonds. The number of ether oxygens (including phenoxy) is 6. The van der Waals surface area contributed by atoms with Crippen LogP contribution >= 0.6 is 0 Å². The van der Waals surface area contributed by atoms with E-state index in [1.807, 2.05) is 0 Å². The normalized spacial score (nSPS) is 26.2. The van der Waals surface area contributed by atoms with Crippen LogP contribution in [0.3, 0.4) is 0 Å². The van der Waals surface area contributed by atoms with E-state index in [0.29, 0.717) is 0 Å². The van der Waals surface area contributed by atoms with Crippen molar-refractivity contribution in [1.29, 1.82) is 0 Å². The highest BCUT2D eigenvalue weighted by Gasteiger charge is 2.58. The van der Waals surface area contributed by atoms with Crippen LogP contribution in [0.2, 0.25) is 0 Å². The first-order chi connectivity index (χ1) is 15.2. The molecule has 1 fully saturated rings. The molecular formula is C19H26O14. The fraction of sp³-hybridized carbons (Fsp3) is 0.684. The Kier molecular flexibility index (Phi) is 9.73. The summed E-state index contributed by atoms with van der Waals surface area (Å²) in [5, 5.41) is 20.0. The number of carbonyl (C=O) groups excluding carboxylic acids is 5. The van der Waals surface area contributed by atoms with E-state index in [1.54, 1.807) is 0 Å². The van der Waals surface area contributed by atoms with Gasteiger partial charge in [-0.1, -0.05) is 0 Å². The van der Waals surface area contributed by atoms with Gasteiger partial charge in [-0.05, 0) is 0 Å². The topological polar surface area (TPSA) is 198 Å². The van der Waals surface area contributed by atoms with Crippen LogP contribution in [0.15, 0.2) is 0 Å². The second-order valence-electron chi connectivity index (χ2n) is 7.12. The molecule has 1 aliphatic rings. The summed E-state index contributed by atoms with van der Waals surface area (Å²) in [6.07, 6.45) is -9.27. The lowest BCUT2D eigenvalue weighted by Gasteiger charge is -2.45. The van der Waals surface area contributed by atoms with E-state index in [-0.39, 0.29) is 0 Å². The van der Waals surface area contributed by atoms with Gasteiger partial charge in [0.15, 0.2) is 18.3 Å². The minimum Gasteiger partial charge on any atom is -0.477 e. The van der Waals surface area contributed by atoms with Gasteiger partial charge in [0, 0.05) is 34.6 Å². The van der Waals surface area contributed by atoms with Crippen molar-refractivity contribution in [2.24, 2.45) is 0 Å². The third-order valence-electron chi connectivity index (χ3n) is 4.21. The molecule has 14 nitrogen and oxygen atoms in total. The summed E-state index contributed by atoms with van der Waals surface area (Å²) in [7, 11) is 0. The van der Waals surface area contributed by atoms with E-state index in [4.69, 9.17) is 28.4 Å². The van der Waals surface area contributed by atoms with Gasteiger partial charge in [0.05, 0.1) is 6.42 Å². The first-order valence-electron chi connectivity index (χ1n) is 9.62. The van der Waals surface area contributed by atoms with Crippen molar-refractivity contribution in [2.75, 3.05) is 6.61 Å². The molecule has 0 saturated carbocycles. The predicted molar refractivity (Wildman–Crippen MR) is 101 cm³/mol. The zero-order valence-corrected chi connectivity index (χ0v) is 18.6. The monoisotopic (exact) mass is 478 g/mol. The first kappa shape index (κ1) is 27.8. The molecule has 1 rings (SSSR count). The quantitative estimate of drug-likeness (QED) is 0.297. The molecule has 2 N–H and O–H groups in total. The van der Waals surface area contributed by atoms with E-state index in [2.05, 4.69) is 0 Å². The molecule has 0 unspecified atom stereocenters. The van der Waals surface area contributed by atoms with E-state index in [0.717, 1.165) is 34.6 Å². The molecule has 0 aromatic heterocycles. The molecule has 0 aromatic rings. The van der Waals surface area contributed by atoms with Crippen molar-refractivity contribution in [3.05, 3.63) is 0 Å². The van der Waals surface area contributed by atoms with Crippen molar-refractivity contribution < 1.29 is 67.4 Å². The summed E-state index contributed by atoms with van der Waals surface area (Å²) in [6.45, 7) is 4.30. The second-order valence-corrected chi connectivity index (χ2v) is 7.12. The van der Waals surface area contributed by atoms with E-state index in [9.17, 15) is 39.0 Å². The van der Waals surface area contributed by atoms with Crippen LogP contribution in [0.4, 0.5) is 0 Å². The molecular weight excluding hydrogens is 452 g/mol. The maximum Gasteiger partial charge on any atom is 0.364 e. The molecule has 14 heteroatoms. The maximum absolute atomic E-state index is 11.8. The van der Waals surface area contributed by atoms with Crippen LogP contribution in [0.1, 0.15) is 41.0 Å². The lowest BCUT2D eigenvalue weighted by atomic mass is 9.90. The van der Waals surface area contributed by atoms with Gasteiger partial charge in [0.25, 0.3) is 5.79 Å². The van der Waals surface area contributed by atoms with Gasteiger partial charge < -0.3 is 38.6 Å². The Morgan fingerprint density at radius 3 is 1.85 bits per heavy atom. The summed E-state index contributed by atoms with van der Waals surface area (Å²) in [5.74, 6) is -9.38. The number of hydrogen-bond donors (Lipinski definition) is 2. The van der Waals surface area contributed by atoms with Gasteiger partial charge in [0.1, 0.15) is 18.8 Å². The fourth-order valence-corrected chi connectivity index (χ4v) is 3.14. The highest BCUT2D eigenvalue weighted by Crippen LogP contribution is 2.35. The van der Waals surface area contributed by atoms with Crippen LogP contribution in [0.25, 0.3) is 0 Å². The van der Waals surface area contributed by atoms with Gasteiger partial charge in [-0.2, -0.15) is 0 Å². The molecule has 0 aliphatic carbocycles. The van der Waals surface area contributed by atoms with Gasteiger partial charge in [-0.15, -0.1) is 0 Å². The average molecular weight is 478 g/mol. The number of hydrogen-bond acceptors (Lipinski definition) is 13. The van der Waals surface area contributed by atoms with E-state index in [1.165, 1.54) is 0 Å². The van der Waals surface area contributed by atoms with Crippen molar-refractivity contribution in [3.8, 4) is 0 Å². The number of carbonyl (C=O) groups is 6. The third-order valence-corrected chi connectivity index (χ3v) is 4.21. The van der Waals surface area contributed by atoms with Crippen LogP contribution < -0.4 is 0 Å². The highest BCUT2D eigenvalue weighted by atomic mass is 16.7. The zero-order valence-electron chi connectivity index (χ0n) is 18.6. The molecule has 1 aliphatic heterocycles. The Morgan fingerprint density at radius 2 is 1.42 bits per heavy atom. The molecule has 186 valence electrons. The van der Waals surface area contributed by atoms with E-state index < -0.39 is 85.2 Å². The van der Waals surface area contributed by atoms with E-state index >= 15 is 0 Å². The molecule has 0 aromatic carbocycles. The molecule has 1 saturated heterocycles. The summed E-state index contributed by atoms with van der Waals surface area (Å²) >= 11 is 0. The van der Waals surface area contributed by atoms with Crippen LogP contribution in [0, 0.1) is 0 Å². The number of esters is 5. The number of rotatable bonds is 9. The number of carboxylic acid groups (broad SMARTS) is 1. The van der Waals surface area contributed by atoms with Crippen LogP contribution in [-0.4, -0.2) is 88.9 Å². The SMILES string of the molecule is CC(=O)OC[C@@H](OC(C)=O)[C@@H](OC(C)=O)[C@@H]1O[C@](O)(C(=O)O)C[C@H](OC(C)=O)[C@H]1OC(C)=O. The summed E-state index contributed by atoms with van der Waals surface area (Å²) in [4.78, 5) is 69.8. The summed E-state index contributed by atoms with van der Waals surface area (Å²) in [6, 6.07) is 0. The first-order valence-corrected chi connectivity index (χ1v) is 9.62. The second kappa shape index (κ2) is 11.6. The largest absolute Gasteiger partial charge is 0.477 e. The maximum atomic E-state index is 11.8. The summed E-state index contributed by atoms with van der Waals surface area (Å²) in [5.41, 5.74) is 0. The lowest BCUT2D eigenvalue weighted by molar-refractivity contribution is -0.316. The minimum absolute atomic E-state index is 0.677. The Balaban J connectivity index is 3.60. The van der Waals surface area contributed by atoms with Crippen molar-refractivity contribution in [3.63, 3.8) is 0 Å². The Bertz CT molecular complexity index is 791. The van der Waals surface area contributed by atoms with Crippen molar-refractivity contribution >= 4 is 35.8 Å². The molecule has 6 atom stereocenters. The standard InChI is InChI=1S/C19H26O14/c1-8(20)28-7-14(30-10(3)22)16(32-12(5)24)17-15(31-11(4)23)13(29-9(2)21)6-19(27,33-17)18(25)26/h13-17,27H,6-7H2,1-5H3,(H,25,26)/t13-,14+,15+,16+,17+,19-/m0/s1. The van der Waals surface area contributed by atoms with Crippen LogP contribution in [0.5, 0.6) is 0 Å². The van der Waals surface area contributed by atoms with Gasteiger partial charge in [0.2, 0.25) is 0 Å². The summed E-state index contributed by atoms with van der Waals surface area (Å²) < 4.78 is 30.5. The molecule has 0 radical (unpaired) electrons. The van der Waals surface area contributed by atoms with Crippen molar-refractivity contribution in [1.82, 2.24) is 0 Å². The molecule has 0 spiro atoms. The lowest BCUT2D eigenvalue weighted by Crippen LogP contribution is -2.65. The molecule has 0 bridgehead atoms. The number of aliphatic hydroxyl groups is 1. The smallest absolute Gasteiger partial charge is 0.364 e. The predicted octanol–water partition coefficient (Wildman–Crippen LogP) is -1.16. The number of aliphatic carboxylic acids is 1. The number of carboxylic acids is 1. The average Bonchev–Trinajstić information content (AvgIpc) is 2.64.